The van der Waals surface area contributed by atoms with Crippen LogP contribution in [0.1, 0.15) is 34.9 Å². The molecule has 0 amide bonds. The second-order valence-corrected chi connectivity index (χ2v) is 8.32. The van der Waals surface area contributed by atoms with Gasteiger partial charge in [-0.25, -0.2) is 4.98 Å². The van der Waals surface area contributed by atoms with E-state index in [1.807, 2.05) is 38.1 Å². The third-order valence-electron chi connectivity index (χ3n) is 5.95. The number of aryl methyl sites for hydroxylation is 2. The lowest BCUT2D eigenvalue weighted by Gasteiger charge is -2.39. The molecule has 4 rings (SSSR count). The summed E-state index contributed by atoms with van der Waals surface area (Å²) in [6, 6.07) is 14.1. The molecule has 0 saturated carbocycles. The zero-order valence-corrected chi connectivity index (χ0v) is 18.7. The van der Waals surface area contributed by atoms with Crippen molar-refractivity contribution in [2.24, 2.45) is 0 Å². The summed E-state index contributed by atoms with van der Waals surface area (Å²) in [7, 11) is 0. The fraction of sp³-hybridized carbons (Fsp3) is 0.333. The predicted molar refractivity (Wildman–Crippen MR) is 123 cm³/mol. The number of hydrogen-bond donors (Lipinski definition) is 0. The molecule has 0 saturated heterocycles. The van der Waals surface area contributed by atoms with Gasteiger partial charge in [0.15, 0.2) is 0 Å². The molecule has 0 aliphatic carbocycles. The van der Waals surface area contributed by atoms with Crippen LogP contribution >= 0.6 is 11.6 Å². The van der Waals surface area contributed by atoms with Gasteiger partial charge in [0.2, 0.25) is 5.95 Å². The maximum Gasteiger partial charge on any atom is 0.259 e. The van der Waals surface area contributed by atoms with Crippen LogP contribution in [0.25, 0.3) is 0 Å². The molecule has 30 heavy (non-hydrogen) atoms. The molecule has 5 nitrogen and oxygen atoms in total. The van der Waals surface area contributed by atoms with Crippen molar-refractivity contribution < 1.29 is 0 Å². The van der Waals surface area contributed by atoms with E-state index in [4.69, 9.17) is 16.6 Å². The highest BCUT2D eigenvalue weighted by molar-refractivity contribution is 6.31. The summed E-state index contributed by atoms with van der Waals surface area (Å²) in [6.07, 6.45) is 0.673. The van der Waals surface area contributed by atoms with E-state index in [1.54, 1.807) is 4.57 Å². The molecule has 0 radical (unpaired) electrons. The van der Waals surface area contributed by atoms with Crippen LogP contribution in [0.2, 0.25) is 5.02 Å². The van der Waals surface area contributed by atoms with Crippen molar-refractivity contribution >= 4 is 23.2 Å². The normalized spacial score (nSPS) is 14.1. The highest BCUT2D eigenvalue weighted by Gasteiger charge is 2.28. The van der Waals surface area contributed by atoms with E-state index < -0.39 is 0 Å². The van der Waals surface area contributed by atoms with Gasteiger partial charge in [-0.05, 0) is 56.0 Å². The van der Waals surface area contributed by atoms with E-state index in [-0.39, 0.29) is 5.56 Å². The number of benzene rings is 2. The molecule has 2 aromatic carbocycles. The second-order valence-electron chi connectivity index (χ2n) is 7.91. The first-order valence-electron chi connectivity index (χ1n) is 10.3. The Labute approximate surface area is 182 Å². The number of rotatable bonds is 4. The Morgan fingerprint density at radius 1 is 1.03 bits per heavy atom. The summed E-state index contributed by atoms with van der Waals surface area (Å²) in [5.74, 6) is 0.707. The molecule has 0 bridgehead atoms. The molecule has 0 fully saturated rings. The molecule has 3 aromatic rings. The van der Waals surface area contributed by atoms with Gasteiger partial charge >= 0.3 is 0 Å². The number of nitrogens with zero attached hydrogens (tertiary/aromatic N) is 4. The van der Waals surface area contributed by atoms with E-state index >= 15 is 0 Å². The van der Waals surface area contributed by atoms with Gasteiger partial charge in [0.05, 0.1) is 13.3 Å². The van der Waals surface area contributed by atoms with Gasteiger partial charge in [0.1, 0.15) is 0 Å². The SMILES string of the molecule is CCc1c(C)nc2n(c1=O)CN(Cc1ccccc1Cl)CN2c1cccc(C)c1C. The number of halogens is 1. The van der Waals surface area contributed by atoms with Crippen molar-refractivity contribution in [3.05, 3.63) is 85.8 Å². The van der Waals surface area contributed by atoms with Crippen LogP contribution in [-0.2, 0) is 19.6 Å². The minimum atomic E-state index is 0.0409. The van der Waals surface area contributed by atoms with Crippen LogP contribution in [0.15, 0.2) is 47.3 Å². The van der Waals surface area contributed by atoms with E-state index in [0.29, 0.717) is 32.3 Å². The summed E-state index contributed by atoms with van der Waals surface area (Å²) in [6.45, 7) is 9.93. The van der Waals surface area contributed by atoms with E-state index in [2.05, 4.69) is 41.8 Å². The van der Waals surface area contributed by atoms with Gasteiger partial charge < -0.3 is 0 Å². The van der Waals surface area contributed by atoms with Gasteiger partial charge in [0.25, 0.3) is 5.56 Å². The fourth-order valence-corrected chi connectivity index (χ4v) is 4.31. The van der Waals surface area contributed by atoms with Crippen molar-refractivity contribution in [2.75, 3.05) is 11.6 Å². The predicted octanol–water partition coefficient (Wildman–Crippen LogP) is 4.95. The fourth-order valence-electron chi connectivity index (χ4n) is 4.11. The van der Waals surface area contributed by atoms with Crippen LogP contribution in [0.4, 0.5) is 11.6 Å². The van der Waals surface area contributed by atoms with Gasteiger partial charge in [0, 0.05) is 28.5 Å². The average Bonchev–Trinajstić information content (AvgIpc) is 2.72. The molecule has 0 N–H and O–H groups in total. The Kier molecular flexibility index (Phi) is 5.67. The first-order valence-corrected chi connectivity index (χ1v) is 10.7. The Balaban J connectivity index is 1.84. The summed E-state index contributed by atoms with van der Waals surface area (Å²) in [5.41, 5.74) is 6.15. The molecule has 6 heteroatoms. The van der Waals surface area contributed by atoms with Crippen LogP contribution < -0.4 is 10.5 Å². The number of aromatic nitrogens is 2. The van der Waals surface area contributed by atoms with E-state index in [1.165, 1.54) is 11.1 Å². The zero-order chi connectivity index (χ0) is 21.4. The third kappa shape index (κ3) is 3.64. The third-order valence-corrected chi connectivity index (χ3v) is 6.31. The average molecular weight is 423 g/mol. The first kappa shape index (κ1) is 20.6. The first-order chi connectivity index (χ1) is 14.4. The number of anilines is 2. The van der Waals surface area contributed by atoms with Crippen molar-refractivity contribution in [2.45, 2.75) is 47.3 Å². The lowest BCUT2D eigenvalue weighted by Crippen LogP contribution is -2.47. The molecule has 1 aliphatic rings. The van der Waals surface area contributed by atoms with Crippen LogP contribution in [-0.4, -0.2) is 21.1 Å². The van der Waals surface area contributed by atoms with Crippen molar-refractivity contribution in [3.63, 3.8) is 0 Å². The Bertz CT molecular complexity index is 1150. The van der Waals surface area contributed by atoms with Gasteiger partial charge in [-0.3, -0.25) is 19.2 Å². The van der Waals surface area contributed by atoms with Crippen molar-refractivity contribution in [1.29, 1.82) is 0 Å². The molecule has 156 valence electrons. The van der Waals surface area contributed by atoms with Crippen LogP contribution in [0, 0.1) is 20.8 Å². The topological polar surface area (TPSA) is 41.4 Å². The summed E-state index contributed by atoms with van der Waals surface area (Å²) >= 11 is 6.42. The number of hydrogen-bond acceptors (Lipinski definition) is 4. The van der Waals surface area contributed by atoms with E-state index in [0.717, 1.165) is 27.5 Å². The molecule has 0 spiro atoms. The quantitative estimate of drug-likeness (QED) is 0.596. The summed E-state index contributed by atoms with van der Waals surface area (Å²) < 4.78 is 1.80. The summed E-state index contributed by atoms with van der Waals surface area (Å²) in [4.78, 5) is 22.6. The highest BCUT2D eigenvalue weighted by atomic mass is 35.5. The molecule has 2 heterocycles. The zero-order valence-electron chi connectivity index (χ0n) is 17.9. The molecule has 0 atom stereocenters. The van der Waals surface area contributed by atoms with Crippen LogP contribution in [0.3, 0.4) is 0 Å². The molecular weight excluding hydrogens is 396 g/mol. The van der Waals surface area contributed by atoms with Crippen molar-refractivity contribution in [1.82, 2.24) is 14.5 Å². The molecule has 1 aromatic heterocycles. The van der Waals surface area contributed by atoms with Gasteiger partial charge in [-0.1, -0.05) is 48.9 Å². The smallest absolute Gasteiger partial charge is 0.259 e. The maximum absolute atomic E-state index is 13.3. The lowest BCUT2D eigenvalue weighted by atomic mass is 10.1. The lowest BCUT2D eigenvalue weighted by molar-refractivity contribution is 0.189. The van der Waals surface area contributed by atoms with Crippen LogP contribution in [0.5, 0.6) is 0 Å². The molecular formula is C24H27ClN4O. The Hall–Kier alpha value is -2.63. The Morgan fingerprint density at radius 3 is 2.53 bits per heavy atom. The largest absolute Gasteiger partial charge is 0.298 e. The van der Waals surface area contributed by atoms with Gasteiger partial charge in [-0.2, -0.15) is 0 Å². The molecule has 1 aliphatic heterocycles. The number of fused-ring (bicyclic) bond motifs is 1. The van der Waals surface area contributed by atoms with Gasteiger partial charge in [-0.15, -0.1) is 0 Å². The summed E-state index contributed by atoms with van der Waals surface area (Å²) in [5, 5.41) is 0.741. The minimum Gasteiger partial charge on any atom is -0.298 e. The van der Waals surface area contributed by atoms with E-state index in [9.17, 15) is 4.79 Å². The monoisotopic (exact) mass is 422 g/mol. The standard InChI is InChI=1S/C24H27ClN4O/c1-5-20-18(4)26-24-28(22-12-8-9-16(2)17(22)3)14-27(15-29(24)23(20)30)13-19-10-6-7-11-21(19)25/h6-12H,5,13-15H2,1-4H3. The van der Waals surface area contributed by atoms with Crippen molar-refractivity contribution in [3.8, 4) is 0 Å². The second kappa shape index (κ2) is 8.25. The minimum absolute atomic E-state index is 0.0409. The molecule has 0 unspecified atom stereocenters. The highest BCUT2D eigenvalue weighted by Crippen LogP contribution is 2.32. The maximum atomic E-state index is 13.3. The Morgan fingerprint density at radius 2 is 1.80 bits per heavy atom.